The van der Waals surface area contributed by atoms with Crippen LogP contribution in [-0.2, 0) is 14.8 Å². The monoisotopic (exact) mass is 387 g/mol. The third kappa shape index (κ3) is 5.68. The number of para-hydroxylation sites is 2. The van der Waals surface area contributed by atoms with Crippen molar-refractivity contribution in [1.29, 1.82) is 0 Å². The van der Waals surface area contributed by atoms with Crippen LogP contribution >= 0.6 is 0 Å². The first-order valence-electron chi connectivity index (χ1n) is 8.13. The Bertz CT molecular complexity index is 927. The summed E-state index contributed by atoms with van der Waals surface area (Å²) in [5.41, 5.74) is 0.955. The van der Waals surface area contributed by atoms with Crippen molar-refractivity contribution in [2.45, 2.75) is 0 Å². The molecule has 2 amide bonds. The molecule has 0 saturated heterocycles. The van der Waals surface area contributed by atoms with Crippen molar-refractivity contribution in [3.8, 4) is 0 Å². The summed E-state index contributed by atoms with van der Waals surface area (Å²) >= 11 is 0. The molecule has 2 rings (SSSR count). The number of nitrogens with one attached hydrogen (secondary N) is 2. The molecule has 0 aliphatic carbocycles. The summed E-state index contributed by atoms with van der Waals surface area (Å²) in [7, 11) is -3.66. The Morgan fingerprint density at radius 3 is 2.33 bits per heavy atom. The number of hydrogen-bond acceptors (Lipinski definition) is 4. The van der Waals surface area contributed by atoms with Gasteiger partial charge in [-0.3, -0.25) is 13.9 Å². The highest BCUT2D eigenvalue weighted by molar-refractivity contribution is 7.92. The summed E-state index contributed by atoms with van der Waals surface area (Å²) in [6, 6.07) is 14.8. The highest BCUT2D eigenvalue weighted by atomic mass is 32.2. The van der Waals surface area contributed by atoms with Crippen molar-refractivity contribution >= 4 is 33.2 Å². The Labute approximate surface area is 158 Å². The fourth-order valence-electron chi connectivity index (χ4n) is 2.36. The summed E-state index contributed by atoms with van der Waals surface area (Å²) in [5.74, 6) is -0.929. The fourth-order valence-corrected chi connectivity index (χ4v) is 3.22. The van der Waals surface area contributed by atoms with Crippen LogP contribution in [-0.4, -0.2) is 39.6 Å². The van der Waals surface area contributed by atoms with E-state index in [-0.39, 0.29) is 18.0 Å². The van der Waals surface area contributed by atoms with E-state index < -0.39 is 22.5 Å². The number of benzene rings is 2. The number of nitrogens with zero attached hydrogens (tertiary/aromatic N) is 1. The van der Waals surface area contributed by atoms with Crippen molar-refractivity contribution in [3.05, 3.63) is 72.8 Å². The smallest absolute Gasteiger partial charge is 0.253 e. The molecule has 0 heterocycles. The van der Waals surface area contributed by atoms with Crippen molar-refractivity contribution < 1.29 is 18.0 Å². The Kier molecular flexibility index (Phi) is 6.73. The van der Waals surface area contributed by atoms with Gasteiger partial charge in [0.1, 0.15) is 6.54 Å². The second kappa shape index (κ2) is 9.00. The standard InChI is InChI=1S/C19H21N3O4S/c1-3-13-20-19(24)16-11-7-8-12-17(16)21-18(23)14-22(27(2,25)26)15-9-5-4-6-10-15/h3-12H,1,13-14H2,2H3,(H,20,24)(H,21,23). The van der Waals surface area contributed by atoms with Crippen LogP contribution in [0.1, 0.15) is 10.4 Å². The Morgan fingerprint density at radius 1 is 1.07 bits per heavy atom. The molecule has 0 aliphatic rings. The van der Waals surface area contributed by atoms with E-state index in [1.807, 2.05) is 0 Å². The van der Waals surface area contributed by atoms with E-state index in [9.17, 15) is 18.0 Å². The van der Waals surface area contributed by atoms with Gasteiger partial charge in [-0.15, -0.1) is 6.58 Å². The Balaban J connectivity index is 2.19. The van der Waals surface area contributed by atoms with E-state index in [2.05, 4.69) is 17.2 Å². The molecule has 0 bridgehead atoms. The van der Waals surface area contributed by atoms with E-state index in [1.165, 1.54) is 0 Å². The van der Waals surface area contributed by atoms with Crippen LogP contribution < -0.4 is 14.9 Å². The molecular formula is C19H21N3O4S. The van der Waals surface area contributed by atoms with Crippen LogP contribution in [0.5, 0.6) is 0 Å². The van der Waals surface area contributed by atoms with E-state index in [0.717, 1.165) is 10.6 Å². The van der Waals surface area contributed by atoms with Crippen LogP contribution in [0.2, 0.25) is 0 Å². The van der Waals surface area contributed by atoms with Crippen LogP contribution in [0.4, 0.5) is 11.4 Å². The zero-order valence-corrected chi connectivity index (χ0v) is 15.7. The molecule has 2 N–H and O–H groups in total. The lowest BCUT2D eigenvalue weighted by atomic mass is 10.1. The maximum absolute atomic E-state index is 12.5. The van der Waals surface area contributed by atoms with Gasteiger partial charge in [-0.1, -0.05) is 36.4 Å². The molecule has 0 fully saturated rings. The predicted molar refractivity (Wildman–Crippen MR) is 106 cm³/mol. The van der Waals surface area contributed by atoms with Crippen LogP contribution in [0.15, 0.2) is 67.3 Å². The maximum atomic E-state index is 12.5. The molecule has 27 heavy (non-hydrogen) atoms. The van der Waals surface area contributed by atoms with Gasteiger partial charge in [-0.25, -0.2) is 8.42 Å². The van der Waals surface area contributed by atoms with Crippen molar-refractivity contribution in [3.63, 3.8) is 0 Å². The summed E-state index contributed by atoms with van der Waals surface area (Å²) in [6.45, 7) is 3.41. The Morgan fingerprint density at radius 2 is 1.70 bits per heavy atom. The summed E-state index contributed by atoms with van der Waals surface area (Å²) in [6.07, 6.45) is 2.58. The van der Waals surface area contributed by atoms with Crippen molar-refractivity contribution in [2.24, 2.45) is 0 Å². The number of carbonyl (C=O) groups is 2. The summed E-state index contributed by atoms with van der Waals surface area (Å²) in [4.78, 5) is 24.7. The van der Waals surface area contributed by atoms with Crippen LogP contribution in [0.3, 0.4) is 0 Å². The van der Waals surface area contributed by atoms with Crippen molar-refractivity contribution in [2.75, 3.05) is 29.0 Å². The molecule has 0 radical (unpaired) electrons. The maximum Gasteiger partial charge on any atom is 0.253 e. The topological polar surface area (TPSA) is 95.6 Å². The third-order valence-electron chi connectivity index (χ3n) is 3.58. The molecular weight excluding hydrogens is 366 g/mol. The van der Waals surface area contributed by atoms with Gasteiger partial charge in [-0.05, 0) is 24.3 Å². The highest BCUT2D eigenvalue weighted by Gasteiger charge is 2.21. The fraction of sp³-hybridized carbons (Fsp3) is 0.158. The van der Waals surface area contributed by atoms with Crippen LogP contribution in [0, 0.1) is 0 Å². The van der Waals surface area contributed by atoms with E-state index >= 15 is 0 Å². The molecule has 2 aromatic rings. The zero-order chi connectivity index (χ0) is 19.9. The normalized spacial score (nSPS) is 10.7. The quantitative estimate of drug-likeness (QED) is 0.677. The largest absolute Gasteiger partial charge is 0.349 e. The number of hydrogen-bond donors (Lipinski definition) is 2. The summed E-state index contributed by atoms with van der Waals surface area (Å²) in [5, 5.41) is 5.25. The van der Waals surface area contributed by atoms with E-state index in [0.29, 0.717) is 11.4 Å². The molecule has 8 heteroatoms. The van der Waals surface area contributed by atoms with Crippen LogP contribution in [0.25, 0.3) is 0 Å². The second-order valence-electron chi connectivity index (χ2n) is 5.70. The molecule has 0 saturated carbocycles. The molecule has 7 nitrogen and oxygen atoms in total. The average molecular weight is 387 g/mol. The van der Waals surface area contributed by atoms with Gasteiger partial charge in [0, 0.05) is 6.54 Å². The van der Waals surface area contributed by atoms with Gasteiger partial charge in [0.15, 0.2) is 0 Å². The average Bonchev–Trinajstić information content (AvgIpc) is 2.64. The lowest BCUT2D eigenvalue weighted by molar-refractivity contribution is -0.114. The minimum absolute atomic E-state index is 0.276. The van der Waals surface area contributed by atoms with E-state index in [4.69, 9.17) is 0 Å². The molecule has 2 aromatic carbocycles. The van der Waals surface area contributed by atoms with Gasteiger partial charge in [-0.2, -0.15) is 0 Å². The zero-order valence-electron chi connectivity index (χ0n) is 14.9. The molecule has 0 aliphatic heterocycles. The van der Waals surface area contributed by atoms with Gasteiger partial charge in [0.2, 0.25) is 15.9 Å². The SMILES string of the molecule is C=CCNC(=O)c1ccccc1NC(=O)CN(c1ccccc1)S(C)(=O)=O. The molecule has 142 valence electrons. The minimum atomic E-state index is -3.66. The molecule has 0 spiro atoms. The number of rotatable bonds is 8. The number of amides is 2. The lowest BCUT2D eigenvalue weighted by Crippen LogP contribution is -2.37. The molecule has 0 unspecified atom stereocenters. The van der Waals surface area contributed by atoms with Gasteiger partial charge < -0.3 is 10.6 Å². The summed E-state index contributed by atoms with van der Waals surface area (Å²) < 4.78 is 25.2. The minimum Gasteiger partial charge on any atom is -0.349 e. The van der Waals surface area contributed by atoms with Gasteiger partial charge in [0.25, 0.3) is 5.91 Å². The first-order valence-corrected chi connectivity index (χ1v) is 9.98. The number of anilines is 2. The Hall–Kier alpha value is -3.13. The lowest BCUT2D eigenvalue weighted by Gasteiger charge is -2.22. The second-order valence-corrected chi connectivity index (χ2v) is 7.60. The first-order chi connectivity index (χ1) is 12.8. The van der Waals surface area contributed by atoms with E-state index in [1.54, 1.807) is 60.7 Å². The van der Waals surface area contributed by atoms with Gasteiger partial charge >= 0.3 is 0 Å². The van der Waals surface area contributed by atoms with Gasteiger partial charge in [0.05, 0.1) is 23.2 Å². The molecule has 0 atom stereocenters. The number of carbonyl (C=O) groups excluding carboxylic acids is 2. The van der Waals surface area contributed by atoms with Crippen molar-refractivity contribution in [1.82, 2.24) is 5.32 Å². The predicted octanol–water partition coefficient (Wildman–Crippen LogP) is 2.01. The third-order valence-corrected chi connectivity index (χ3v) is 4.73. The number of sulfonamides is 1. The molecule has 0 aromatic heterocycles. The highest BCUT2D eigenvalue weighted by Crippen LogP contribution is 2.18. The first kappa shape index (κ1) is 20.2.